The molecule has 0 bridgehead atoms. The van der Waals surface area contributed by atoms with Crippen molar-refractivity contribution in [2.24, 2.45) is 5.92 Å². The molecule has 2 rings (SSSR count). The molecule has 1 aromatic rings. The smallest absolute Gasteiger partial charge is 0.328 e. The number of carboxylic acids is 1. The fraction of sp³-hybridized carbons (Fsp3) is 0.467. The van der Waals surface area contributed by atoms with Crippen LogP contribution in [0.15, 0.2) is 12.1 Å². The number of aryl methyl sites for hydroxylation is 1. The molecule has 1 heterocycles. The Balaban J connectivity index is 1.97. The minimum absolute atomic E-state index is 0.0447. The molecule has 0 aliphatic heterocycles. The highest BCUT2D eigenvalue weighted by Crippen LogP contribution is 2.35. The molecule has 1 fully saturated rings. The average Bonchev–Trinajstić information content (AvgIpc) is 2.98. The number of nitrogens with one attached hydrogen (secondary N) is 1. The monoisotopic (exact) mass is 293 g/mol. The Morgan fingerprint density at radius 1 is 1.55 bits per heavy atom. The van der Waals surface area contributed by atoms with E-state index in [1.165, 1.54) is 23.8 Å². The molecule has 0 spiro atoms. The second-order valence-electron chi connectivity index (χ2n) is 5.19. The average molecular weight is 293 g/mol. The number of carbonyl (C=O) groups is 2. The number of rotatable bonds is 6. The Morgan fingerprint density at radius 2 is 2.30 bits per heavy atom. The van der Waals surface area contributed by atoms with Gasteiger partial charge in [0.2, 0.25) is 0 Å². The molecular formula is C15H19NO3S. The van der Waals surface area contributed by atoms with Gasteiger partial charge in [-0.1, -0.05) is 13.3 Å². The van der Waals surface area contributed by atoms with Crippen molar-refractivity contribution in [1.29, 1.82) is 0 Å². The van der Waals surface area contributed by atoms with Crippen molar-refractivity contribution >= 4 is 29.3 Å². The van der Waals surface area contributed by atoms with Gasteiger partial charge in [0.1, 0.15) is 0 Å². The molecule has 0 aromatic carbocycles. The molecule has 2 unspecified atom stereocenters. The zero-order valence-electron chi connectivity index (χ0n) is 11.7. The van der Waals surface area contributed by atoms with Gasteiger partial charge in [0.05, 0.1) is 4.88 Å². The minimum Gasteiger partial charge on any atom is -0.478 e. The van der Waals surface area contributed by atoms with Crippen LogP contribution in [0.25, 0.3) is 6.08 Å². The van der Waals surface area contributed by atoms with Gasteiger partial charge < -0.3 is 10.4 Å². The Kier molecular flexibility index (Phi) is 4.60. The number of thiophene rings is 1. The molecule has 1 aromatic heterocycles. The van der Waals surface area contributed by atoms with Gasteiger partial charge in [0, 0.05) is 17.0 Å². The van der Waals surface area contributed by atoms with E-state index < -0.39 is 5.97 Å². The predicted molar refractivity (Wildman–Crippen MR) is 80.0 cm³/mol. The quantitative estimate of drug-likeness (QED) is 0.792. The fourth-order valence-electron chi connectivity index (χ4n) is 2.27. The molecule has 1 amide bonds. The van der Waals surface area contributed by atoms with E-state index in [1.807, 2.05) is 13.0 Å². The molecule has 2 atom stereocenters. The summed E-state index contributed by atoms with van der Waals surface area (Å²) in [5, 5.41) is 11.7. The topological polar surface area (TPSA) is 66.4 Å². The summed E-state index contributed by atoms with van der Waals surface area (Å²) in [5.74, 6) is -0.391. The molecular weight excluding hydrogens is 274 g/mol. The number of hydrogen-bond acceptors (Lipinski definition) is 3. The highest BCUT2D eigenvalue weighted by Gasteiger charge is 2.37. The summed E-state index contributed by atoms with van der Waals surface area (Å²) < 4.78 is 0. The third kappa shape index (κ3) is 3.70. The van der Waals surface area contributed by atoms with Crippen molar-refractivity contribution in [3.05, 3.63) is 27.5 Å². The highest BCUT2D eigenvalue weighted by molar-refractivity contribution is 7.15. The van der Waals surface area contributed by atoms with E-state index in [2.05, 4.69) is 12.2 Å². The molecule has 1 saturated carbocycles. The lowest BCUT2D eigenvalue weighted by atomic mass is 10.2. The maximum atomic E-state index is 12.1. The maximum Gasteiger partial charge on any atom is 0.328 e. The van der Waals surface area contributed by atoms with Crippen molar-refractivity contribution in [3.8, 4) is 0 Å². The van der Waals surface area contributed by atoms with Crippen molar-refractivity contribution < 1.29 is 14.7 Å². The third-order valence-corrected chi connectivity index (χ3v) is 4.66. The van der Waals surface area contributed by atoms with E-state index in [4.69, 9.17) is 5.11 Å². The van der Waals surface area contributed by atoms with Crippen LogP contribution in [0.1, 0.15) is 46.3 Å². The van der Waals surface area contributed by atoms with Crippen LogP contribution in [0, 0.1) is 12.8 Å². The largest absolute Gasteiger partial charge is 0.478 e. The highest BCUT2D eigenvalue weighted by atomic mass is 32.1. The Hall–Kier alpha value is -1.62. The first-order valence-corrected chi connectivity index (χ1v) is 7.65. The Bertz CT molecular complexity index is 547. The summed E-state index contributed by atoms with van der Waals surface area (Å²) in [6, 6.07) is 2.14. The van der Waals surface area contributed by atoms with Crippen LogP contribution in [0.2, 0.25) is 0 Å². The van der Waals surface area contributed by atoms with Crippen LogP contribution in [0.5, 0.6) is 0 Å². The molecule has 20 heavy (non-hydrogen) atoms. The van der Waals surface area contributed by atoms with Crippen LogP contribution in [0.3, 0.4) is 0 Å². The lowest BCUT2D eigenvalue weighted by molar-refractivity contribution is -0.131. The number of amides is 1. The number of aliphatic carboxylic acids is 1. The van der Waals surface area contributed by atoms with E-state index in [0.717, 1.165) is 29.4 Å². The molecule has 1 aliphatic carbocycles. The SMILES string of the molecule is CCCC1CC1NC(=O)c1cc(C)c(/C=C/C(=O)O)s1. The predicted octanol–water partition coefficient (Wildman–Crippen LogP) is 3.07. The van der Waals surface area contributed by atoms with Gasteiger partial charge in [-0.2, -0.15) is 0 Å². The van der Waals surface area contributed by atoms with Crippen LogP contribution < -0.4 is 5.32 Å². The maximum absolute atomic E-state index is 12.1. The lowest BCUT2D eigenvalue weighted by Gasteiger charge is -2.01. The van der Waals surface area contributed by atoms with Gasteiger partial charge in [-0.3, -0.25) is 4.79 Å². The zero-order chi connectivity index (χ0) is 14.7. The molecule has 0 radical (unpaired) electrons. The summed E-state index contributed by atoms with van der Waals surface area (Å²) in [6.07, 6.45) is 6.03. The standard InChI is InChI=1S/C15H19NO3S/c1-3-4-10-8-11(10)16-15(19)13-7-9(2)12(20-13)5-6-14(17)18/h5-7,10-11H,3-4,8H2,1-2H3,(H,16,19)(H,17,18)/b6-5+. The normalized spacial score (nSPS) is 21.1. The Labute approximate surface area is 122 Å². The van der Waals surface area contributed by atoms with Gasteiger partial charge >= 0.3 is 5.97 Å². The van der Waals surface area contributed by atoms with Gasteiger partial charge in [-0.05, 0) is 43.4 Å². The molecule has 2 N–H and O–H groups in total. The van der Waals surface area contributed by atoms with Gasteiger partial charge in [0.25, 0.3) is 5.91 Å². The number of hydrogen-bond donors (Lipinski definition) is 2. The summed E-state index contributed by atoms with van der Waals surface area (Å²) in [4.78, 5) is 24.1. The summed E-state index contributed by atoms with van der Waals surface area (Å²) in [7, 11) is 0. The first kappa shape index (κ1) is 14.8. The minimum atomic E-state index is -0.982. The van der Waals surface area contributed by atoms with E-state index in [0.29, 0.717) is 16.8 Å². The van der Waals surface area contributed by atoms with Crippen molar-refractivity contribution in [2.45, 2.75) is 39.2 Å². The van der Waals surface area contributed by atoms with Crippen molar-refractivity contribution in [3.63, 3.8) is 0 Å². The first-order chi connectivity index (χ1) is 9.51. The van der Waals surface area contributed by atoms with Crippen LogP contribution >= 0.6 is 11.3 Å². The number of carbonyl (C=O) groups excluding carboxylic acids is 1. The van der Waals surface area contributed by atoms with Gasteiger partial charge in [-0.25, -0.2) is 4.79 Å². The summed E-state index contributed by atoms with van der Waals surface area (Å²) in [5.41, 5.74) is 0.929. The molecule has 4 nitrogen and oxygen atoms in total. The fourth-order valence-corrected chi connectivity index (χ4v) is 3.25. The molecule has 5 heteroatoms. The van der Waals surface area contributed by atoms with Gasteiger partial charge in [0.15, 0.2) is 0 Å². The van der Waals surface area contributed by atoms with E-state index in [1.54, 1.807) is 0 Å². The molecule has 108 valence electrons. The van der Waals surface area contributed by atoms with Crippen LogP contribution in [-0.4, -0.2) is 23.0 Å². The molecule has 1 aliphatic rings. The summed E-state index contributed by atoms with van der Waals surface area (Å²) in [6.45, 7) is 4.03. The molecule has 0 saturated heterocycles. The van der Waals surface area contributed by atoms with E-state index in [9.17, 15) is 9.59 Å². The number of carboxylic acid groups (broad SMARTS) is 1. The summed E-state index contributed by atoms with van der Waals surface area (Å²) >= 11 is 1.33. The third-order valence-electron chi connectivity index (χ3n) is 3.46. The van der Waals surface area contributed by atoms with Crippen molar-refractivity contribution in [1.82, 2.24) is 5.32 Å². The second-order valence-corrected chi connectivity index (χ2v) is 6.28. The van der Waals surface area contributed by atoms with Gasteiger partial charge in [-0.15, -0.1) is 11.3 Å². The Morgan fingerprint density at radius 3 is 2.95 bits per heavy atom. The van der Waals surface area contributed by atoms with Crippen molar-refractivity contribution in [2.75, 3.05) is 0 Å². The van der Waals surface area contributed by atoms with E-state index in [-0.39, 0.29) is 5.91 Å². The zero-order valence-corrected chi connectivity index (χ0v) is 12.5. The second kappa shape index (κ2) is 6.22. The van der Waals surface area contributed by atoms with Crippen LogP contribution in [-0.2, 0) is 4.79 Å². The lowest BCUT2D eigenvalue weighted by Crippen LogP contribution is -2.26. The van der Waals surface area contributed by atoms with Crippen LogP contribution in [0.4, 0.5) is 0 Å². The van der Waals surface area contributed by atoms with E-state index >= 15 is 0 Å². The first-order valence-electron chi connectivity index (χ1n) is 6.83.